The minimum absolute atomic E-state index is 0.0562. The molecule has 1 heterocycles. The van der Waals surface area contributed by atoms with Gasteiger partial charge in [0.1, 0.15) is 42.2 Å². The van der Waals surface area contributed by atoms with E-state index < -0.39 is 17.2 Å². The van der Waals surface area contributed by atoms with E-state index in [1.165, 1.54) is 36.6 Å². The number of halogens is 4. The summed E-state index contributed by atoms with van der Waals surface area (Å²) in [7, 11) is 1.41. The molecule has 0 fully saturated rings. The zero-order valence-electron chi connectivity index (χ0n) is 19.6. The Kier molecular flexibility index (Phi) is 8.33. The molecule has 1 aromatic heterocycles. The smallest absolute Gasteiger partial charge is 0.185 e. The minimum atomic E-state index is -1.35. The summed E-state index contributed by atoms with van der Waals surface area (Å²) in [6.07, 6.45) is 5.82. The molecular formula is C27H21Cl2F2N3O3. The van der Waals surface area contributed by atoms with Crippen LogP contribution < -0.4 is 4.74 Å². The van der Waals surface area contributed by atoms with Gasteiger partial charge in [-0.25, -0.2) is 18.4 Å². The Morgan fingerprint density at radius 3 is 2.51 bits per heavy atom. The lowest BCUT2D eigenvalue weighted by atomic mass is 9.93. The summed E-state index contributed by atoms with van der Waals surface area (Å²) in [5.74, 6) is -1.30. The second kappa shape index (κ2) is 11.6. The molecule has 0 aliphatic rings. The average molecular weight is 544 g/mol. The van der Waals surface area contributed by atoms with Crippen LogP contribution in [0.25, 0.3) is 6.08 Å². The molecule has 4 aromatic rings. The van der Waals surface area contributed by atoms with E-state index in [0.717, 1.165) is 12.1 Å². The van der Waals surface area contributed by atoms with Crippen LogP contribution in [0.4, 0.5) is 8.78 Å². The average Bonchev–Trinajstić information content (AvgIpc) is 3.39. The van der Waals surface area contributed by atoms with Crippen molar-refractivity contribution < 1.29 is 23.0 Å². The zero-order chi connectivity index (χ0) is 26.4. The van der Waals surface area contributed by atoms with Crippen LogP contribution in [0.3, 0.4) is 0 Å². The van der Waals surface area contributed by atoms with Crippen molar-refractivity contribution >= 4 is 35.1 Å². The maximum atomic E-state index is 14.8. The second-order valence-electron chi connectivity index (χ2n) is 8.09. The Morgan fingerprint density at radius 1 is 1.08 bits per heavy atom. The first-order valence-electron chi connectivity index (χ1n) is 11.0. The van der Waals surface area contributed by atoms with E-state index in [0.29, 0.717) is 26.9 Å². The summed E-state index contributed by atoms with van der Waals surface area (Å²) < 4.78 is 41.5. The van der Waals surface area contributed by atoms with Crippen LogP contribution in [0.15, 0.2) is 79.4 Å². The van der Waals surface area contributed by atoms with Gasteiger partial charge < -0.3 is 9.47 Å². The molecule has 37 heavy (non-hydrogen) atoms. The molecule has 10 heteroatoms. The lowest BCUT2D eigenvalue weighted by molar-refractivity contribution is -0.0666. The van der Waals surface area contributed by atoms with E-state index in [-0.39, 0.29) is 24.5 Å². The first-order chi connectivity index (χ1) is 17.8. The Balaban J connectivity index is 1.51. The number of methoxy groups -OCH3 is 1. The maximum Gasteiger partial charge on any atom is 0.185 e. The Hall–Kier alpha value is -3.59. The number of hydrogen-bond donors (Lipinski definition) is 0. The van der Waals surface area contributed by atoms with Gasteiger partial charge in [-0.1, -0.05) is 35.3 Å². The standard InChI is InChI=1S/C27H21Cl2F2N3O3/c1-36-27(14-34-17-32-16-33-34,23-10-7-21(30)13-25(23)31)15-37-22-8-3-19(4-9-22)26(35)11-5-18-2-6-20(28)12-24(18)29/h2-13,16-17H,14-15H2,1H3. The van der Waals surface area contributed by atoms with Crippen molar-refractivity contribution in [2.75, 3.05) is 13.7 Å². The van der Waals surface area contributed by atoms with Crippen molar-refractivity contribution in [3.63, 3.8) is 0 Å². The number of aromatic nitrogens is 3. The molecule has 0 saturated carbocycles. The number of carbonyl (C=O) groups excluding carboxylic acids is 1. The highest BCUT2D eigenvalue weighted by Gasteiger charge is 2.37. The largest absolute Gasteiger partial charge is 0.490 e. The van der Waals surface area contributed by atoms with E-state index in [4.69, 9.17) is 32.7 Å². The molecule has 4 rings (SSSR count). The van der Waals surface area contributed by atoms with Crippen LogP contribution in [-0.2, 0) is 16.9 Å². The summed E-state index contributed by atoms with van der Waals surface area (Å²) in [4.78, 5) is 16.5. The summed E-state index contributed by atoms with van der Waals surface area (Å²) in [6.45, 7) is -0.0746. The van der Waals surface area contributed by atoms with E-state index in [1.807, 2.05) is 0 Å². The number of ether oxygens (including phenoxy) is 2. The Bertz CT molecular complexity index is 1410. The predicted molar refractivity (Wildman–Crippen MR) is 137 cm³/mol. The molecule has 6 nitrogen and oxygen atoms in total. The van der Waals surface area contributed by atoms with Gasteiger partial charge in [0.15, 0.2) is 5.78 Å². The van der Waals surface area contributed by atoms with Gasteiger partial charge in [0, 0.05) is 34.3 Å². The third kappa shape index (κ3) is 6.40. The summed E-state index contributed by atoms with van der Waals surface area (Å²) in [6, 6.07) is 14.7. The van der Waals surface area contributed by atoms with Crippen molar-refractivity contribution in [1.29, 1.82) is 0 Å². The molecule has 0 radical (unpaired) electrons. The van der Waals surface area contributed by atoms with Crippen LogP contribution in [0.1, 0.15) is 21.5 Å². The van der Waals surface area contributed by atoms with Gasteiger partial charge in [-0.2, -0.15) is 5.10 Å². The van der Waals surface area contributed by atoms with Crippen molar-refractivity contribution in [2.24, 2.45) is 0 Å². The first kappa shape index (κ1) is 26.5. The molecule has 0 aliphatic heterocycles. The molecule has 1 atom stereocenters. The molecule has 0 bridgehead atoms. The lowest BCUT2D eigenvalue weighted by Crippen LogP contribution is -2.41. The van der Waals surface area contributed by atoms with Gasteiger partial charge in [-0.3, -0.25) is 4.79 Å². The molecule has 0 saturated heterocycles. The number of carbonyl (C=O) groups is 1. The SMILES string of the molecule is COC(COc1ccc(C(=O)C=Cc2ccc(Cl)cc2Cl)cc1)(Cn1cncn1)c1ccc(F)cc1F. The lowest BCUT2D eigenvalue weighted by Gasteiger charge is -2.33. The van der Waals surface area contributed by atoms with Gasteiger partial charge >= 0.3 is 0 Å². The fourth-order valence-electron chi connectivity index (χ4n) is 3.69. The first-order valence-corrected chi connectivity index (χ1v) is 11.8. The highest BCUT2D eigenvalue weighted by Crippen LogP contribution is 2.31. The van der Waals surface area contributed by atoms with Crippen LogP contribution >= 0.6 is 23.2 Å². The molecule has 0 N–H and O–H groups in total. The molecule has 3 aromatic carbocycles. The number of hydrogen-bond acceptors (Lipinski definition) is 5. The number of ketones is 1. The van der Waals surface area contributed by atoms with Crippen molar-refractivity contribution in [3.05, 3.63) is 118 Å². The van der Waals surface area contributed by atoms with Crippen molar-refractivity contribution in [1.82, 2.24) is 14.8 Å². The summed E-state index contributed by atoms with van der Waals surface area (Å²) >= 11 is 12.0. The zero-order valence-corrected chi connectivity index (χ0v) is 21.1. The fourth-order valence-corrected chi connectivity index (χ4v) is 4.16. The maximum absolute atomic E-state index is 14.8. The van der Waals surface area contributed by atoms with E-state index in [2.05, 4.69) is 10.1 Å². The highest BCUT2D eigenvalue weighted by atomic mass is 35.5. The van der Waals surface area contributed by atoms with E-state index in [1.54, 1.807) is 48.5 Å². The molecule has 1 unspecified atom stereocenters. The molecule has 0 spiro atoms. The third-order valence-corrected chi connectivity index (χ3v) is 6.25. The van der Waals surface area contributed by atoms with E-state index in [9.17, 15) is 13.6 Å². The number of allylic oxidation sites excluding steroid dienone is 1. The van der Waals surface area contributed by atoms with Crippen molar-refractivity contribution in [2.45, 2.75) is 12.1 Å². The Morgan fingerprint density at radius 2 is 1.86 bits per heavy atom. The van der Waals surface area contributed by atoms with Crippen LogP contribution in [0.2, 0.25) is 10.0 Å². The minimum Gasteiger partial charge on any atom is -0.490 e. The normalized spacial score (nSPS) is 13.0. The highest BCUT2D eigenvalue weighted by molar-refractivity contribution is 6.35. The van der Waals surface area contributed by atoms with Gasteiger partial charge in [-0.15, -0.1) is 0 Å². The number of nitrogens with zero attached hydrogens (tertiary/aromatic N) is 3. The summed E-state index contributed by atoms with van der Waals surface area (Å²) in [5.41, 5.74) is -0.153. The van der Waals surface area contributed by atoms with Crippen molar-refractivity contribution in [3.8, 4) is 5.75 Å². The summed E-state index contributed by atoms with van der Waals surface area (Å²) in [5, 5.41) is 5.01. The quantitative estimate of drug-likeness (QED) is 0.171. The molecular weight excluding hydrogens is 523 g/mol. The van der Waals surface area contributed by atoms with Crippen LogP contribution in [0.5, 0.6) is 5.75 Å². The van der Waals surface area contributed by atoms with Crippen LogP contribution in [-0.4, -0.2) is 34.3 Å². The van der Waals surface area contributed by atoms with Gasteiger partial charge in [-0.05, 0) is 60.2 Å². The van der Waals surface area contributed by atoms with Gasteiger partial charge in [0.25, 0.3) is 0 Å². The monoisotopic (exact) mass is 543 g/mol. The molecule has 0 amide bonds. The number of rotatable bonds is 10. The molecule has 190 valence electrons. The third-order valence-electron chi connectivity index (χ3n) is 5.68. The van der Waals surface area contributed by atoms with Gasteiger partial charge in [0.2, 0.25) is 0 Å². The van der Waals surface area contributed by atoms with E-state index >= 15 is 0 Å². The topological polar surface area (TPSA) is 66.2 Å². The van der Waals surface area contributed by atoms with Crippen LogP contribution in [0, 0.1) is 11.6 Å². The molecule has 0 aliphatic carbocycles. The van der Waals surface area contributed by atoms with Gasteiger partial charge in [0.05, 0.1) is 6.54 Å². The number of benzene rings is 3. The predicted octanol–water partition coefficient (Wildman–Crippen LogP) is 6.38. The second-order valence-corrected chi connectivity index (χ2v) is 8.94. The Labute approximate surface area is 222 Å². The fraction of sp³-hybridized carbons (Fsp3) is 0.148.